The molecule has 3 unspecified atom stereocenters. The van der Waals surface area contributed by atoms with Crippen LogP contribution in [0.4, 0.5) is 0 Å². The molecule has 1 aliphatic heterocycles. The number of nitrogens with zero attached hydrogens (tertiary/aromatic N) is 2. The molecule has 0 spiro atoms. The molecule has 0 bridgehead atoms. The Balaban J connectivity index is 2.21. The van der Waals surface area contributed by atoms with Gasteiger partial charge >= 0.3 is 5.97 Å². The Bertz CT molecular complexity index is 478. The largest absolute Gasteiger partial charge is 0.478 e. The minimum atomic E-state index is -1.40. The zero-order valence-corrected chi connectivity index (χ0v) is 12.0. The molecule has 1 aromatic heterocycles. The molecule has 7 heteroatoms. The fourth-order valence-corrected chi connectivity index (χ4v) is 2.99. The summed E-state index contributed by atoms with van der Waals surface area (Å²) in [6.07, 6.45) is 0.0441. The van der Waals surface area contributed by atoms with Crippen molar-refractivity contribution in [1.29, 1.82) is 0 Å². The Kier molecular flexibility index (Phi) is 3.91. The van der Waals surface area contributed by atoms with Gasteiger partial charge in [0, 0.05) is 17.8 Å². The molecular formula is C12H18N2O4S. The van der Waals surface area contributed by atoms with E-state index in [2.05, 4.69) is 4.98 Å². The third-order valence-corrected chi connectivity index (χ3v) is 4.46. The van der Waals surface area contributed by atoms with Gasteiger partial charge < -0.3 is 14.9 Å². The van der Waals surface area contributed by atoms with Crippen LogP contribution in [0.25, 0.3) is 0 Å². The summed E-state index contributed by atoms with van der Waals surface area (Å²) in [4.78, 5) is 17.4. The lowest BCUT2D eigenvalue weighted by Crippen LogP contribution is -2.50. The quantitative estimate of drug-likeness (QED) is 0.838. The van der Waals surface area contributed by atoms with E-state index in [1.165, 1.54) is 6.92 Å². The number of aliphatic hydroxyl groups is 1. The van der Waals surface area contributed by atoms with Gasteiger partial charge in [0.2, 0.25) is 5.72 Å². The van der Waals surface area contributed by atoms with E-state index >= 15 is 0 Å². The number of thiazole rings is 1. The summed E-state index contributed by atoms with van der Waals surface area (Å²) in [7, 11) is 1.70. The Morgan fingerprint density at radius 2 is 2.37 bits per heavy atom. The SMILES string of the molecule is Cc1nc(CC2C(CO)OC(C)(C(=O)O)N2C)cs1. The number of carboxylic acid groups (broad SMARTS) is 1. The molecule has 2 N–H and O–H groups in total. The van der Waals surface area contributed by atoms with Gasteiger partial charge in [0.05, 0.1) is 23.4 Å². The smallest absolute Gasteiger partial charge is 0.351 e. The van der Waals surface area contributed by atoms with E-state index in [0.717, 1.165) is 10.7 Å². The number of rotatable bonds is 4. The Hall–Kier alpha value is -1.02. The second-order valence-corrected chi connectivity index (χ2v) is 5.93. The van der Waals surface area contributed by atoms with Crippen LogP contribution < -0.4 is 0 Å². The predicted octanol–water partition coefficient (Wildman–Crippen LogP) is 0.486. The lowest BCUT2D eigenvalue weighted by molar-refractivity contribution is -0.176. The van der Waals surface area contributed by atoms with E-state index in [1.54, 1.807) is 23.3 Å². The van der Waals surface area contributed by atoms with Crippen LogP contribution in [0.3, 0.4) is 0 Å². The summed E-state index contributed by atoms with van der Waals surface area (Å²) in [5.41, 5.74) is -0.501. The van der Waals surface area contributed by atoms with E-state index in [4.69, 9.17) is 4.74 Å². The highest BCUT2D eigenvalue weighted by molar-refractivity contribution is 7.09. The van der Waals surface area contributed by atoms with Crippen LogP contribution in [0, 0.1) is 6.92 Å². The number of aryl methyl sites for hydroxylation is 1. The summed E-state index contributed by atoms with van der Waals surface area (Å²) >= 11 is 1.55. The van der Waals surface area contributed by atoms with Crippen molar-refractivity contribution < 1.29 is 19.7 Å². The van der Waals surface area contributed by atoms with Crippen LogP contribution in [-0.4, -0.2) is 57.6 Å². The van der Waals surface area contributed by atoms with Crippen molar-refractivity contribution in [2.75, 3.05) is 13.7 Å². The van der Waals surface area contributed by atoms with Gasteiger partial charge in [0.25, 0.3) is 0 Å². The van der Waals surface area contributed by atoms with Crippen LogP contribution in [0.1, 0.15) is 17.6 Å². The standard InChI is InChI=1S/C12H18N2O4S/c1-7-13-8(6-19-7)4-9-10(5-15)18-12(2,11(16)17)14(9)3/h6,9-10,15H,4-5H2,1-3H3,(H,16,17). The summed E-state index contributed by atoms with van der Waals surface area (Å²) < 4.78 is 5.52. The predicted molar refractivity (Wildman–Crippen MR) is 70.1 cm³/mol. The van der Waals surface area contributed by atoms with Gasteiger partial charge in [-0.1, -0.05) is 0 Å². The van der Waals surface area contributed by atoms with Gasteiger partial charge in [-0.3, -0.25) is 4.90 Å². The topological polar surface area (TPSA) is 82.9 Å². The number of aromatic nitrogens is 1. The molecule has 1 aliphatic rings. The highest BCUT2D eigenvalue weighted by Gasteiger charge is 2.52. The molecule has 2 heterocycles. The maximum absolute atomic E-state index is 11.3. The molecule has 0 saturated carbocycles. The maximum atomic E-state index is 11.3. The van der Waals surface area contributed by atoms with E-state index in [-0.39, 0.29) is 12.6 Å². The van der Waals surface area contributed by atoms with Crippen LogP contribution in [-0.2, 0) is 16.0 Å². The monoisotopic (exact) mass is 286 g/mol. The summed E-state index contributed by atoms with van der Waals surface area (Å²) in [6, 6.07) is -0.201. The number of hydrogen-bond donors (Lipinski definition) is 2. The highest BCUT2D eigenvalue weighted by Crippen LogP contribution is 2.32. The van der Waals surface area contributed by atoms with Crippen molar-refractivity contribution in [3.63, 3.8) is 0 Å². The summed E-state index contributed by atoms with van der Waals surface area (Å²) in [5.74, 6) is -1.05. The number of carbonyl (C=O) groups is 1. The van der Waals surface area contributed by atoms with E-state index in [1.807, 2.05) is 12.3 Å². The van der Waals surface area contributed by atoms with Gasteiger partial charge in [-0.15, -0.1) is 11.3 Å². The number of ether oxygens (including phenoxy) is 1. The van der Waals surface area contributed by atoms with Gasteiger partial charge in [-0.25, -0.2) is 9.78 Å². The average molecular weight is 286 g/mol. The maximum Gasteiger partial charge on any atom is 0.351 e. The zero-order valence-electron chi connectivity index (χ0n) is 11.2. The number of likely N-dealkylation sites (N-methyl/N-ethyl adjacent to an activating group) is 1. The first-order valence-corrected chi connectivity index (χ1v) is 6.92. The molecular weight excluding hydrogens is 268 g/mol. The minimum absolute atomic E-state index is 0.201. The number of aliphatic hydroxyl groups excluding tert-OH is 1. The van der Waals surface area contributed by atoms with Gasteiger partial charge in [0.1, 0.15) is 0 Å². The van der Waals surface area contributed by atoms with Gasteiger partial charge in [-0.2, -0.15) is 0 Å². The van der Waals surface area contributed by atoms with Crippen molar-refractivity contribution in [3.8, 4) is 0 Å². The lowest BCUT2D eigenvalue weighted by atomic mass is 10.1. The molecule has 2 rings (SSSR count). The Morgan fingerprint density at radius 1 is 1.68 bits per heavy atom. The van der Waals surface area contributed by atoms with Crippen molar-refractivity contribution >= 4 is 17.3 Å². The molecule has 0 amide bonds. The normalized spacial score (nSPS) is 31.8. The molecule has 19 heavy (non-hydrogen) atoms. The summed E-state index contributed by atoms with van der Waals surface area (Å²) in [6.45, 7) is 3.22. The molecule has 0 aromatic carbocycles. The fourth-order valence-electron chi connectivity index (χ4n) is 2.37. The molecule has 106 valence electrons. The minimum Gasteiger partial charge on any atom is -0.478 e. The molecule has 3 atom stereocenters. The number of carboxylic acids is 1. The third kappa shape index (κ3) is 2.51. The summed E-state index contributed by atoms with van der Waals surface area (Å²) in [5, 5.41) is 21.6. The Labute approximate surface area is 115 Å². The molecule has 0 aliphatic carbocycles. The van der Waals surface area contributed by atoms with Crippen molar-refractivity contribution in [2.24, 2.45) is 0 Å². The average Bonchev–Trinajstić information content (AvgIpc) is 2.87. The first-order valence-electron chi connectivity index (χ1n) is 6.04. The first-order chi connectivity index (χ1) is 8.88. The van der Waals surface area contributed by atoms with E-state index in [0.29, 0.717) is 6.42 Å². The van der Waals surface area contributed by atoms with Crippen molar-refractivity contribution in [2.45, 2.75) is 38.1 Å². The lowest BCUT2D eigenvalue weighted by Gasteiger charge is -2.28. The Morgan fingerprint density at radius 3 is 2.84 bits per heavy atom. The van der Waals surface area contributed by atoms with E-state index < -0.39 is 17.8 Å². The highest BCUT2D eigenvalue weighted by atomic mass is 32.1. The van der Waals surface area contributed by atoms with Crippen LogP contribution in [0.15, 0.2) is 5.38 Å². The zero-order chi connectivity index (χ0) is 14.2. The van der Waals surface area contributed by atoms with Crippen molar-refractivity contribution in [3.05, 3.63) is 16.1 Å². The fraction of sp³-hybridized carbons (Fsp3) is 0.667. The molecule has 6 nitrogen and oxygen atoms in total. The van der Waals surface area contributed by atoms with Crippen LogP contribution >= 0.6 is 11.3 Å². The molecule has 1 saturated heterocycles. The van der Waals surface area contributed by atoms with Crippen molar-refractivity contribution in [1.82, 2.24) is 9.88 Å². The molecule has 1 aromatic rings. The molecule has 1 fully saturated rings. The first kappa shape index (κ1) is 14.4. The van der Waals surface area contributed by atoms with E-state index in [9.17, 15) is 15.0 Å². The van der Waals surface area contributed by atoms with Gasteiger partial charge in [0.15, 0.2) is 0 Å². The molecule has 0 radical (unpaired) electrons. The second-order valence-electron chi connectivity index (χ2n) is 4.87. The second kappa shape index (κ2) is 5.16. The number of aliphatic carboxylic acids is 1. The number of hydrogen-bond acceptors (Lipinski definition) is 6. The third-order valence-electron chi connectivity index (χ3n) is 3.64. The van der Waals surface area contributed by atoms with Crippen LogP contribution in [0.5, 0.6) is 0 Å². The van der Waals surface area contributed by atoms with Gasteiger partial charge in [-0.05, 0) is 20.9 Å². The van der Waals surface area contributed by atoms with Crippen LogP contribution in [0.2, 0.25) is 0 Å².